The van der Waals surface area contributed by atoms with Gasteiger partial charge in [-0.2, -0.15) is 5.10 Å². The van der Waals surface area contributed by atoms with Crippen LogP contribution in [0.2, 0.25) is 0 Å². The summed E-state index contributed by atoms with van der Waals surface area (Å²) >= 11 is 0. The number of amides is 2. The molecule has 3 aromatic rings. The lowest BCUT2D eigenvalue weighted by molar-refractivity contribution is -0.286. The molecule has 1 N–H and O–H groups in total. The number of carbonyl (C=O) groups excluding carboxylic acids is 1. The number of nitrogens with zero attached hydrogens (tertiary/aromatic N) is 2. The lowest BCUT2D eigenvalue weighted by Crippen LogP contribution is -2.30. The number of anilines is 1. The van der Waals surface area contributed by atoms with Gasteiger partial charge in [0.1, 0.15) is 5.82 Å². The zero-order chi connectivity index (χ0) is 22.3. The first-order chi connectivity index (χ1) is 15.4. The first-order valence-corrected chi connectivity index (χ1v) is 9.76. The molecule has 1 unspecified atom stereocenters. The molecule has 3 aromatic carbocycles. The van der Waals surface area contributed by atoms with E-state index in [9.17, 15) is 18.0 Å². The minimum atomic E-state index is -3.74. The summed E-state index contributed by atoms with van der Waals surface area (Å²) in [5.74, 6) is -0.908. The highest BCUT2D eigenvalue weighted by atomic mass is 19.3. The van der Waals surface area contributed by atoms with Crippen LogP contribution >= 0.6 is 0 Å². The van der Waals surface area contributed by atoms with Crippen LogP contribution in [0.4, 0.5) is 23.7 Å². The molecule has 162 valence electrons. The van der Waals surface area contributed by atoms with Gasteiger partial charge >= 0.3 is 12.3 Å². The van der Waals surface area contributed by atoms with Gasteiger partial charge < -0.3 is 14.8 Å². The number of alkyl halides is 2. The van der Waals surface area contributed by atoms with E-state index in [1.807, 2.05) is 30.3 Å². The number of hydrazone groups is 1. The Morgan fingerprint density at radius 3 is 2.47 bits per heavy atom. The van der Waals surface area contributed by atoms with Gasteiger partial charge in [0.25, 0.3) is 0 Å². The summed E-state index contributed by atoms with van der Waals surface area (Å²) in [4.78, 5) is 12.9. The number of benzene rings is 3. The molecule has 1 atom stereocenters. The van der Waals surface area contributed by atoms with Gasteiger partial charge in [-0.3, -0.25) is 0 Å². The number of halogens is 3. The molecule has 2 amide bonds. The molecule has 6 nitrogen and oxygen atoms in total. The van der Waals surface area contributed by atoms with Crippen LogP contribution in [0.3, 0.4) is 0 Å². The Hall–Kier alpha value is -4.01. The topological polar surface area (TPSA) is 63.2 Å². The molecule has 0 aliphatic carbocycles. The molecule has 0 bridgehead atoms. The third kappa shape index (κ3) is 3.84. The molecule has 5 rings (SSSR count). The van der Waals surface area contributed by atoms with Gasteiger partial charge in [0.05, 0.1) is 12.3 Å². The summed E-state index contributed by atoms with van der Waals surface area (Å²) in [6.07, 6.45) is -3.74. The van der Waals surface area contributed by atoms with Crippen molar-refractivity contribution in [2.45, 2.75) is 12.2 Å². The van der Waals surface area contributed by atoms with E-state index in [2.05, 4.69) is 19.9 Å². The summed E-state index contributed by atoms with van der Waals surface area (Å²) in [7, 11) is 0. The molecule has 0 fully saturated rings. The van der Waals surface area contributed by atoms with Crippen molar-refractivity contribution in [1.82, 2.24) is 5.01 Å². The van der Waals surface area contributed by atoms with Gasteiger partial charge in [0.2, 0.25) is 0 Å². The lowest BCUT2D eigenvalue weighted by atomic mass is 9.90. The molecule has 32 heavy (non-hydrogen) atoms. The second kappa shape index (κ2) is 7.60. The third-order valence-corrected chi connectivity index (χ3v) is 5.14. The number of nitrogens with one attached hydrogen (secondary N) is 1. The van der Waals surface area contributed by atoms with Gasteiger partial charge in [-0.15, -0.1) is 8.78 Å². The molecular weight excluding hydrogens is 423 g/mol. The largest absolute Gasteiger partial charge is 0.586 e. The average molecular weight is 439 g/mol. The summed E-state index contributed by atoms with van der Waals surface area (Å²) < 4.78 is 48.7. The molecule has 0 saturated heterocycles. The standard InChI is InChI=1S/C23H16F3N3O3/c24-16-8-6-14(7-9-16)18-13-29(28-21(18)15-4-2-1-3-5-15)22(30)27-17-10-11-19-20(12-17)32-23(25,26)31-19/h1-12,18H,13H2,(H,27,30). The van der Waals surface area contributed by atoms with Crippen LogP contribution in [0.15, 0.2) is 77.9 Å². The van der Waals surface area contributed by atoms with Gasteiger partial charge in [0, 0.05) is 17.7 Å². The lowest BCUT2D eigenvalue weighted by Gasteiger charge is -2.16. The van der Waals surface area contributed by atoms with E-state index in [-0.39, 0.29) is 35.5 Å². The van der Waals surface area contributed by atoms with Crippen LogP contribution in [0, 0.1) is 5.82 Å². The molecule has 0 radical (unpaired) electrons. The summed E-state index contributed by atoms with van der Waals surface area (Å²) in [6.45, 7) is 0.227. The van der Waals surface area contributed by atoms with E-state index in [4.69, 9.17) is 0 Å². The van der Waals surface area contributed by atoms with Crippen LogP contribution in [-0.4, -0.2) is 29.6 Å². The Morgan fingerprint density at radius 1 is 1.00 bits per heavy atom. The number of ether oxygens (including phenoxy) is 2. The maximum atomic E-state index is 13.4. The van der Waals surface area contributed by atoms with E-state index in [1.165, 1.54) is 35.3 Å². The van der Waals surface area contributed by atoms with Crippen LogP contribution in [0.25, 0.3) is 0 Å². The molecule has 0 aromatic heterocycles. The maximum absolute atomic E-state index is 13.4. The fourth-order valence-electron chi connectivity index (χ4n) is 3.67. The van der Waals surface area contributed by atoms with Crippen molar-refractivity contribution >= 4 is 17.4 Å². The number of fused-ring (bicyclic) bond motifs is 1. The smallest absolute Gasteiger partial charge is 0.395 e. The van der Waals surface area contributed by atoms with Gasteiger partial charge in [-0.1, -0.05) is 42.5 Å². The molecular formula is C23H16F3N3O3. The van der Waals surface area contributed by atoms with Crippen molar-refractivity contribution in [2.75, 3.05) is 11.9 Å². The zero-order valence-electron chi connectivity index (χ0n) is 16.5. The monoisotopic (exact) mass is 439 g/mol. The van der Waals surface area contributed by atoms with E-state index < -0.39 is 12.3 Å². The Labute approximate surface area is 180 Å². The second-order valence-electron chi connectivity index (χ2n) is 7.30. The predicted octanol–water partition coefficient (Wildman–Crippen LogP) is 5.18. The van der Waals surface area contributed by atoms with Crippen LogP contribution in [-0.2, 0) is 0 Å². The normalized spacial score (nSPS) is 18.4. The zero-order valence-corrected chi connectivity index (χ0v) is 16.5. The van der Waals surface area contributed by atoms with E-state index >= 15 is 0 Å². The summed E-state index contributed by atoms with van der Waals surface area (Å²) in [6, 6.07) is 18.9. The quantitative estimate of drug-likeness (QED) is 0.612. The highest BCUT2D eigenvalue weighted by Gasteiger charge is 2.43. The van der Waals surface area contributed by atoms with Crippen molar-refractivity contribution in [3.8, 4) is 11.5 Å². The first kappa shape index (κ1) is 19.9. The summed E-state index contributed by atoms with van der Waals surface area (Å²) in [5, 5.41) is 8.39. The molecule has 9 heteroatoms. The minimum Gasteiger partial charge on any atom is -0.395 e. The van der Waals surface area contributed by atoms with Crippen LogP contribution < -0.4 is 14.8 Å². The van der Waals surface area contributed by atoms with E-state index in [0.717, 1.165) is 11.1 Å². The van der Waals surface area contributed by atoms with Crippen LogP contribution in [0.1, 0.15) is 17.0 Å². The van der Waals surface area contributed by atoms with Crippen molar-refractivity contribution in [3.63, 3.8) is 0 Å². The maximum Gasteiger partial charge on any atom is 0.586 e. The number of urea groups is 1. The third-order valence-electron chi connectivity index (χ3n) is 5.14. The molecule has 2 heterocycles. The molecule has 2 aliphatic rings. The average Bonchev–Trinajstić information content (AvgIpc) is 3.35. The predicted molar refractivity (Wildman–Crippen MR) is 110 cm³/mol. The fraction of sp³-hybridized carbons (Fsp3) is 0.130. The number of hydrogen-bond donors (Lipinski definition) is 1. The fourth-order valence-corrected chi connectivity index (χ4v) is 3.67. The van der Waals surface area contributed by atoms with Crippen molar-refractivity contribution in [3.05, 3.63) is 89.7 Å². The number of hydrogen-bond acceptors (Lipinski definition) is 4. The van der Waals surface area contributed by atoms with Crippen LogP contribution in [0.5, 0.6) is 11.5 Å². The molecule has 0 saturated carbocycles. The van der Waals surface area contributed by atoms with Gasteiger partial charge in [-0.05, 0) is 35.4 Å². The van der Waals surface area contributed by atoms with Gasteiger partial charge in [0.15, 0.2) is 11.5 Å². The van der Waals surface area contributed by atoms with Gasteiger partial charge in [-0.25, -0.2) is 14.2 Å². The highest BCUT2D eigenvalue weighted by molar-refractivity contribution is 6.07. The van der Waals surface area contributed by atoms with Crippen molar-refractivity contribution in [2.24, 2.45) is 5.10 Å². The Balaban J connectivity index is 1.39. The number of rotatable bonds is 3. The molecule has 0 spiro atoms. The number of carbonyl (C=O) groups is 1. The second-order valence-corrected chi connectivity index (χ2v) is 7.30. The Morgan fingerprint density at radius 2 is 1.72 bits per heavy atom. The first-order valence-electron chi connectivity index (χ1n) is 9.76. The van der Waals surface area contributed by atoms with E-state index in [1.54, 1.807) is 12.1 Å². The minimum absolute atomic E-state index is 0.116. The highest BCUT2D eigenvalue weighted by Crippen LogP contribution is 2.42. The Kier molecular flexibility index (Phi) is 4.73. The van der Waals surface area contributed by atoms with Crippen molar-refractivity contribution in [1.29, 1.82) is 0 Å². The Bertz CT molecular complexity index is 1200. The SMILES string of the molecule is O=C(Nc1ccc2c(c1)OC(F)(F)O2)N1CC(c2ccc(F)cc2)C(c2ccccc2)=N1. The molecule has 2 aliphatic heterocycles. The summed E-state index contributed by atoms with van der Waals surface area (Å²) in [5.41, 5.74) is 2.56. The van der Waals surface area contributed by atoms with E-state index in [0.29, 0.717) is 5.71 Å². The van der Waals surface area contributed by atoms with Crippen molar-refractivity contribution < 1.29 is 27.4 Å².